The fourth-order valence-electron chi connectivity index (χ4n) is 4.49. The first-order valence-corrected chi connectivity index (χ1v) is 11.7. The molecule has 2 aromatic carbocycles. The molecule has 1 aliphatic rings. The van der Waals surface area contributed by atoms with E-state index in [1.165, 1.54) is 11.1 Å². The summed E-state index contributed by atoms with van der Waals surface area (Å²) in [5, 5.41) is 4.79. The van der Waals surface area contributed by atoms with Crippen LogP contribution in [-0.2, 0) is 13.1 Å². The largest absolute Gasteiger partial charge is 0.336 e. The molecule has 0 radical (unpaired) electrons. The van der Waals surface area contributed by atoms with Gasteiger partial charge in [-0.2, -0.15) is 5.10 Å². The molecule has 0 atom stereocenters. The second-order valence-corrected chi connectivity index (χ2v) is 8.87. The maximum absolute atomic E-state index is 13.6. The first kappa shape index (κ1) is 22.0. The summed E-state index contributed by atoms with van der Waals surface area (Å²) in [5.74, 6) is 0.0355. The average Bonchev–Trinajstić information content (AvgIpc) is 3.29. The number of piperazine rings is 1. The van der Waals surface area contributed by atoms with Crippen molar-refractivity contribution >= 4 is 5.91 Å². The van der Waals surface area contributed by atoms with Crippen molar-refractivity contribution in [2.45, 2.75) is 20.0 Å². The normalized spacial score (nSPS) is 14.3. The Morgan fingerprint density at radius 1 is 0.882 bits per heavy atom. The van der Waals surface area contributed by atoms with E-state index in [9.17, 15) is 4.79 Å². The molecular formula is C28H29N5O. The second-order valence-electron chi connectivity index (χ2n) is 8.87. The van der Waals surface area contributed by atoms with Gasteiger partial charge in [0.05, 0.1) is 12.1 Å². The highest BCUT2D eigenvalue weighted by molar-refractivity contribution is 5.99. The lowest BCUT2D eigenvalue weighted by Gasteiger charge is -2.34. The van der Waals surface area contributed by atoms with Crippen molar-refractivity contribution in [2.24, 2.45) is 0 Å². The molecule has 6 heteroatoms. The minimum Gasteiger partial charge on any atom is -0.336 e. The summed E-state index contributed by atoms with van der Waals surface area (Å²) in [5.41, 5.74) is 5.93. The molecule has 34 heavy (non-hydrogen) atoms. The predicted octanol–water partition coefficient (Wildman–Crippen LogP) is 4.26. The Morgan fingerprint density at radius 3 is 2.41 bits per heavy atom. The molecule has 0 saturated carbocycles. The molecule has 0 unspecified atom stereocenters. The number of carbonyl (C=O) groups is 1. The smallest absolute Gasteiger partial charge is 0.257 e. The monoisotopic (exact) mass is 451 g/mol. The Labute approximate surface area is 200 Å². The molecule has 0 aliphatic carbocycles. The Morgan fingerprint density at radius 2 is 1.68 bits per heavy atom. The molecule has 1 aliphatic heterocycles. The van der Waals surface area contributed by atoms with Gasteiger partial charge in [-0.25, -0.2) is 0 Å². The van der Waals surface area contributed by atoms with Crippen LogP contribution in [0.5, 0.6) is 0 Å². The van der Waals surface area contributed by atoms with Crippen molar-refractivity contribution in [1.29, 1.82) is 0 Å². The number of hydrogen-bond acceptors (Lipinski definition) is 4. The summed E-state index contributed by atoms with van der Waals surface area (Å²) >= 11 is 0. The third kappa shape index (κ3) is 5.07. The van der Waals surface area contributed by atoms with Gasteiger partial charge in [0.1, 0.15) is 5.69 Å². The van der Waals surface area contributed by atoms with Crippen LogP contribution in [0.15, 0.2) is 85.3 Å². The number of amides is 1. The number of benzene rings is 2. The van der Waals surface area contributed by atoms with Crippen molar-refractivity contribution in [3.63, 3.8) is 0 Å². The van der Waals surface area contributed by atoms with Crippen LogP contribution in [0, 0.1) is 6.92 Å². The van der Waals surface area contributed by atoms with E-state index in [-0.39, 0.29) is 5.91 Å². The minimum absolute atomic E-state index is 0.0355. The highest BCUT2D eigenvalue weighted by Gasteiger charge is 2.26. The van der Waals surface area contributed by atoms with Crippen LogP contribution in [0.4, 0.5) is 0 Å². The van der Waals surface area contributed by atoms with Gasteiger partial charge in [-0.1, -0.05) is 60.2 Å². The maximum atomic E-state index is 13.6. The van der Waals surface area contributed by atoms with Crippen LogP contribution in [-0.4, -0.2) is 56.7 Å². The zero-order valence-corrected chi connectivity index (χ0v) is 19.5. The number of rotatable bonds is 6. The predicted molar refractivity (Wildman–Crippen MR) is 133 cm³/mol. The van der Waals surface area contributed by atoms with E-state index in [2.05, 4.69) is 53.2 Å². The number of nitrogens with zero attached hydrogens (tertiary/aromatic N) is 5. The van der Waals surface area contributed by atoms with E-state index in [0.29, 0.717) is 30.9 Å². The number of aromatic nitrogens is 3. The van der Waals surface area contributed by atoms with E-state index >= 15 is 0 Å². The molecule has 1 fully saturated rings. The first-order valence-electron chi connectivity index (χ1n) is 11.7. The number of hydrogen-bond donors (Lipinski definition) is 0. The number of aryl methyl sites for hydroxylation is 1. The van der Waals surface area contributed by atoms with Crippen LogP contribution in [0.3, 0.4) is 0 Å². The van der Waals surface area contributed by atoms with Gasteiger partial charge in [-0.15, -0.1) is 0 Å². The minimum atomic E-state index is 0.0355. The van der Waals surface area contributed by atoms with Crippen molar-refractivity contribution in [3.05, 3.63) is 108 Å². The molecule has 172 valence electrons. The SMILES string of the molecule is Cc1cccc(CN2CCN(C(=O)c3cn(Cc4ccccc4)nc3-c3cccnc3)CC2)c1. The van der Waals surface area contributed by atoms with Gasteiger partial charge in [0, 0.05) is 56.9 Å². The molecule has 3 heterocycles. The van der Waals surface area contributed by atoms with Gasteiger partial charge in [0.2, 0.25) is 0 Å². The Balaban J connectivity index is 1.32. The quantitative estimate of drug-likeness (QED) is 0.440. The fourth-order valence-corrected chi connectivity index (χ4v) is 4.49. The molecule has 0 N–H and O–H groups in total. The molecule has 2 aromatic heterocycles. The van der Waals surface area contributed by atoms with E-state index in [1.54, 1.807) is 12.4 Å². The van der Waals surface area contributed by atoms with E-state index in [4.69, 9.17) is 5.10 Å². The maximum Gasteiger partial charge on any atom is 0.257 e. The van der Waals surface area contributed by atoms with Crippen molar-refractivity contribution < 1.29 is 4.79 Å². The highest BCUT2D eigenvalue weighted by atomic mass is 16.2. The van der Waals surface area contributed by atoms with Crippen molar-refractivity contribution in [1.82, 2.24) is 24.6 Å². The van der Waals surface area contributed by atoms with Gasteiger partial charge < -0.3 is 4.90 Å². The first-order chi connectivity index (χ1) is 16.7. The molecule has 1 saturated heterocycles. The van der Waals surface area contributed by atoms with Crippen molar-refractivity contribution in [3.8, 4) is 11.3 Å². The molecule has 1 amide bonds. The van der Waals surface area contributed by atoms with Gasteiger partial charge in [0.25, 0.3) is 5.91 Å². The molecular weight excluding hydrogens is 422 g/mol. The lowest BCUT2D eigenvalue weighted by molar-refractivity contribution is 0.0629. The highest BCUT2D eigenvalue weighted by Crippen LogP contribution is 2.24. The fraction of sp³-hybridized carbons (Fsp3) is 0.250. The summed E-state index contributed by atoms with van der Waals surface area (Å²) in [6.45, 7) is 6.80. The zero-order chi connectivity index (χ0) is 23.3. The Bertz CT molecular complexity index is 1240. The summed E-state index contributed by atoms with van der Waals surface area (Å²) in [4.78, 5) is 22.2. The third-order valence-electron chi connectivity index (χ3n) is 6.26. The van der Waals surface area contributed by atoms with E-state index in [0.717, 1.165) is 30.8 Å². The van der Waals surface area contributed by atoms with Crippen LogP contribution in [0.1, 0.15) is 27.0 Å². The third-order valence-corrected chi connectivity index (χ3v) is 6.26. The van der Waals surface area contributed by atoms with Gasteiger partial charge in [0.15, 0.2) is 0 Å². The molecule has 0 bridgehead atoms. The molecule has 0 spiro atoms. The van der Waals surface area contributed by atoms with Gasteiger partial charge in [-0.05, 0) is 30.2 Å². The van der Waals surface area contributed by atoms with Gasteiger partial charge in [-0.3, -0.25) is 19.4 Å². The standard InChI is InChI=1S/C28H29N5O/c1-22-7-5-10-24(17-22)19-31-13-15-32(16-14-31)28(34)26-21-33(20-23-8-3-2-4-9-23)30-27(26)25-11-6-12-29-18-25/h2-12,17-18,21H,13-16,19-20H2,1H3. The van der Waals surface area contributed by atoms with Crippen LogP contribution in [0.25, 0.3) is 11.3 Å². The van der Waals surface area contributed by atoms with Crippen LogP contribution < -0.4 is 0 Å². The lowest BCUT2D eigenvalue weighted by Crippen LogP contribution is -2.48. The van der Waals surface area contributed by atoms with E-state index in [1.807, 2.05) is 46.1 Å². The number of carbonyl (C=O) groups excluding carboxylic acids is 1. The second kappa shape index (κ2) is 10.0. The zero-order valence-electron chi connectivity index (χ0n) is 19.5. The average molecular weight is 452 g/mol. The Hall–Kier alpha value is -3.77. The summed E-state index contributed by atoms with van der Waals surface area (Å²) in [6, 6.07) is 22.6. The lowest BCUT2D eigenvalue weighted by atomic mass is 10.1. The van der Waals surface area contributed by atoms with Crippen LogP contribution >= 0.6 is 0 Å². The summed E-state index contributed by atoms with van der Waals surface area (Å²) in [6.07, 6.45) is 5.39. The number of pyridine rings is 1. The summed E-state index contributed by atoms with van der Waals surface area (Å²) < 4.78 is 1.86. The van der Waals surface area contributed by atoms with Crippen molar-refractivity contribution in [2.75, 3.05) is 26.2 Å². The molecule has 6 nitrogen and oxygen atoms in total. The summed E-state index contributed by atoms with van der Waals surface area (Å²) in [7, 11) is 0. The van der Waals surface area contributed by atoms with Gasteiger partial charge >= 0.3 is 0 Å². The van der Waals surface area contributed by atoms with Crippen LogP contribution in [0.2, 0.25) is 0 Å². The molecule has 5 rings (SSSR count). The van der Waals surface area contributed by atoms with E-state index < -0.39 is 0 Å². The topological polar surface area (TPSA) is 54.3 Å². The molecule has 4 aromatic rings. The Kier molecular flexibility index (Phi) is 6.49.